The molecule has 0 aliphatic rings. The lowest BCUT2D eigenvalue weighted by Crippen LogP contribution is -2.17. The van der Waals surface area contributed by atoms with Crippen molar-refractivity contribution >= 4 is 27.5 Å². The number of aryl methyl sites for hydroxylation is 3. The Morgan fingerprint density at radius 1 is 1.39 bits per heavy atom. The molecule has 118 valence electrons. The van der Waals surface area contributed by atoms with Gasteiger partial charge >= 0.3 is 0 Å². The number of rotatable bonds is 3. The average Bonchev–Trinajstić information content (AvgIpc) is 3.06. The number of carbonyl (C=O) groups is 1. The Balaban J connectivity index is 2.22. The van der Waals surface area contributed by atoms with E-state index in [1.165, 1.54) is 27.1 Å². The van der Waals surface area contributed by atoms with Gasteiger partial charge in [0.05, 0.1) is 10.2 Å². The third-order valence-corrected chi connectivity index (χ3v) is 4.89. The van der Waals surface area contributed by atoms with E-state index >= 15 is 0 Å². The number of fused-ring (bicyclic) bond motifs is 1. The van der Waals surface area contributed by atoms with Gasteiger partial charge in [-0.2, -0.15) is 10.1 Å². The number of amides is 1. The van der Waals surface area contributed by atoms with Crippen molar-refractivity contribution < 1.29 is 4.79 Å². The van der Waals surface area contributed by atoms with E-state index in [1.807, 2.05) is 10.6 Å². The van der Waals surface area contributed by atoms with Gasteiger partial charge in [0.1, 0.15) is 5.69 Å². The number of thiazole rings is 1. The van der Waals surface area contributed by atoms with Gasteiger partial charge in [0.25, 0.3) is 5.91 Å². The molecular formula is C17H18N4OS. The van der Waals surface area contributed by atoms with Crippen molar-refractivity contribution in [2.24, 2.45) is 12.0 Å². The molecule has 0 radical (unpaired) electrons. The summed E-state index contributed by atoms with van der Waals surface area (Å²) in [5.74, 6) is -0.289. The smallest absolute Gasteiger partial charge is 0.297 e. The van der Waals surface area contributed by atoms with Gasteiger partial charge in [0, 0.05) is 19.8 Å². The number of carbonyl (C=O) groups excluding carboxylic acids is 1. The van der Waals surface area contributed by atoms with Crippen molar-refractivity contribution in [1.29, 1.82) is 0 Å². The van der Waals surface area contributed by atoms with Crippen LogP contribution >= 0.6 is 11.3 Å². The molecule has 2 aromatic heterocycles. The zero-order chi connectivity index (χ0) is 16.6. The van der Waals surface area contributed by atoms with E-state index in [2.05, 4.69) is 42.7 Å². The Bertz CT molecular complexity index is 974. The number of nitrogens with zero attached hydrogens (tertiary/aromatic N) is 4. The highest BCUT2D eigenvalue weighted by Gasteiger charge is 2.12. The molecule has 6 heteroatoms. The lowest BCUT2D eigenvalue weighted by molar-refractivity contribution is 0.0989. The summed E-state index contributed by atoms with van der Waals surface area (Å²) in [4.78, 5) is 17.4. The molecule has 0 aliphatic carbocycles. The Morgan fingerprint density at radius 2 is 2.13 bits per heavy atom. The third-order valence-electron chi connectivity index (χ3n) is 3.85. The lowest BCUT2D eigenvalue weighted by Gasteiger charge is -2.04. The maximum Gasteiger partial charge on any atom is 0.297 e. The predicted octanol–water partition coefficient (Wildman–Crippen LogP) is 2.98. The first-order valence-corrected chi connectivity index (χ1v) is 8.11. The molecule has 2 heterocycles. The molecule has 0 unspecified atom stereocenters. The number of allylic oxidation sites excluding steroid dienone is 1. The first kappa shape index (κ1) is 15.4. The fraction of sp³-hybridized carbons (Fsp3) is 0.235. The van der Waals surface area contributed by atoms with Crippen molar-refractivity contribution in [2.75, 3.05) is 0 Å². The zero-order valence-electron chi connectivity index (χ0n) is 13.4. The van der Waals surface area contributed by atoms with Gasteiger partial charge < -0.3 is 4.57 Å². The Kier molecular flexibility index (Phi) is 4.00. The second kappa shape index (κ2) is 5.96. The summed E-state index contributed by atoms with van der Waals surface area (Å²) in [6.07, 6.45) is 3.41. The number of benzene rings is 1. The minimum absolute atomic E-state index is 0.289. The third kappa shape index (κ3) is 2.77. The van der Waals surface area contributed by atoms with Crippen LogP contribution in [0.4, 0.5) is 0 Å². The van der Waals surface area contributed by atoms with Crippen LogP contribution in [0.2, 0.25) is 0 Å². The van der Waals surface area contributed by atoms with Crippen LogP contribution < -0.4 is 4.80 Å². The molecule has 0 saturated heterocycles. The second-order valence-electron chi connectivity index (χ2n) is 5.45. The van der Waals surface area contributed by atoms with Crippen LogP contribution in [0.15, 0.2) is 42.0 Å². The fourth-order valence-electron chi connectivity index (χ4n) is 2.44. The van der Waals surface area contributed by atoms with Crippen molar-refractivity contribution in [3.63, 3.8) is 0 Å². The summed E-state index contributed by atoms with van der Waals surface area (Å²) < 4.78 is 4.67. The van der Waals surface area contributed by atoms with Gasteiger partial charge in [-0.15, -0.1) is 6.58 Å². The molecule has 3 rings (SSSR count). The molecule has 0 spiro atoms. The van der Waals surface area contributed by atoms with Gasteiger partial charge in [-0.25, -0.2) is 0 Å². The number of aromatic nitrogens is 3. The highest BCUT2D eigenvalue weighted by Crippen LogP contribution is 2.22. The van der Waals surface area contributed by atoms with E-state index in [9.17, 15) is 4.79 Å². The Labute approximate surface area is 138 Å². The van der Waals surface area contributed by atoms with Gasteiger partial charge in [-0.05, 0) is 43.2 Å². The monoisotopic (exact) mass is 326 g/mol. The minimum atomic E-state index is -0.289. The van der Waals surface area contributed by atoms with Crippen LogP contribution in [0, 0.1) is 13.8 Å². The summed E-state index contributed by atoms with van der Waals surface area (Å²) in [6, 6.07) is 5.95. The van der Waals surface area contributed by atoms with Gasteiger partial charge in [0.15, 0.2) is 4.80 Å². The summed E-state index contributed by atoms with van der Waals surface area (Å²) in [6.45, 7) is 8.59. The van der Waals surface area contributed by atoms with E-state index in [-0.39, 0.29) is 5.91 Å². The fourth-order valence-corrected chi connectivity index (χ4v) is 3.56. The van der Waals surface area contributed by atoms with Crippen LogP contribution in [0.1, 0.15) is 21.6 Å². The molecule has 0 fully saturated rings. The molecule has 0 N–H and O–H groups in total. The van der Waals surface area contributed by atoms with Crippen molar-refractivity contribution in [3.05, 3.63) is 58.7 Å². The van der Waals surface area contributed by atoms with E-state index in [1.54, 1.807) is 19.3 Å². The van der Waals surface area contributed by atoms with Gasteiger partial charge in [0.2, 0.25) is 0 Å². The molecule has 1 amide bonds. The Morgan fingerprint density at radius 3 is 2.78 bits per heavy atom. The predicted molar refractivity (Wildman–Crippen MR) is 92.6 cm³/mol. The molecule has 0 saturated carbocycles. The van der Waals surface area contributed by atoms with Crippen LogP contribution in [0.3, 0.4) is 0 Å². The first-order chi connectivity index (χ1) is 11.0. The number of hydrogen-bond acceptors (Lipinski definition) is 3. The molecule has 1 aromatic carbocycles. The van der Waals surface area contributed by atoms with Crippen molar-refractivity contribution in [3.8, 4) is 0 Å². The maximum atomic E-state index is 12.4. The van der Waals surface area contributed by atoms with Crippen LogP contribution in [-0.4, -0.2) is 20.3 Å². The maximum absolute atomic E-state index is 12.4. The first-order valence-electron chi connectivity index (χ1n) is 7.30. The molecule has 0 aliphatic heterocycles. The largest absolute Gasteiger partial charge is 0.312 e. The van der Waals surface area contributed by atoms with Crippen molar-refractivity contribution in [1.82, 2.24) is 14.3 Å². The summed E-state index contributed by atoms with van der Waals surface area (Å²) in [5.41, 5.74) is 4.00. The molecule has 5 nitrogen and oxygen atoms in total. The van der Waals surface area contributed by atoms with Gasteiger partial charge in [-0.1, -0.05) is 17.4 Å². The van der Waals surface area contributed by atoms with E-state index in [0.29, 0.717) is 17.0 Å². The van der Waals surface area contributed by atoms with Crippen LogP contribution in [-0.2, 0) is 13.6 Å². The molecule has 23 heavy (non-hydrogen) atoms. The minimum Gasteiger partial charge on any atom is -0.312 e. The van der Waals surface area contributed by atoms with E-state index < -0.39 is 0 Å². The topological polar surface area (TPSA) is 52.2 Å². The summed E-state index contributed by atoms with van der Waals surface area (Å²) >= 11 is 1.52. The molecule has 3 aromatic rings. The standard InChI is InChI=1S/C17H18N4OS/c1-5-8-21-14-9-11(2)12(3)10-15(14)23-17(21)19-16(22)13-6-7-18-20(13)4/h5-7,9-10H,1,8H2,2-4H3. The zero-order valence-corrected chi connectivity index (χ0v) is 14.2. The molecule has 0 atom stereocenters. The normalized spacial score (nSPS) is 12.0. The SMILES string of the molecule is C=CCn1c(=NC(=O)c2ccnn2C)sc2cc(C)c(C)cc21. The molecular weight excluding hydrogens is 308 g/mol. The average molecular weight is 326 g/mol. The van der Waals surface area contributed by atoms with Crippen molar-refractivity contribution in [2.45, 2.75) is 20.4 Å². The number of hydrogen-bond donors (Lipinski definition) is 0. The highest BCUT2D eigenvalue weighted by atomic mass is 32.1. The van der Waals surface area contributed by atoms with E-state index in [4.69, 9.17) is 0 Å². The quantitative estimate of drug-likeness (QED) is 0.695. The molecule has 0 bridgehead atoms. The second-order valence-corrected chi connectivity index (χ2v) is 6.45. The Hall–Kier alpha value is -2.47. The van der Waals surface area contributed by atoms with Gasteiger partial charge in [-0.3, -0.25) is 9.48 Å². The lowest BCUT2D eigenvalue weighted by atomic mass is 10.1. The van der Waals surface area contributed by atoms with E-state index in [0.717, 1.165) is 10.2 Å². The highest BCUT2D eigenvalue weighted by molar-refractivity contribution is 7.16. The summed E-state index contributed by atoms with van der Waals surface area (Å²) in [5, 5.41) is 4.02. The van der Waals surface area contributed by atoms with Crippen LogP contribution in [0.5, 0.6) is 0 Å². The van der Waals surface area contributed by atoms with Crippen LogP contribution in [0.25, 0.3) is 10.2 Å². The summed E-state index contributed by atoms with van der Waals surface area (Å²) in [7, 11) is 1.73.